The minimum Gasteiger partial charge on any atom is -0.379 e. The minimum absolute atomic E-state index is 0.0483. The summed E-state index contributed by atoms with van der Waals surface area (Å²) in [6.07, 6.45) is 0. The number of piperazine rings is 1. The molecule has 0 bridgehead atoms. The molecule has 7 nitrogen and oxygen atoms in total. The first kappa shape index (κ1) is 16.2. The zero-order chi connectivity index (χ0) is 15.6. The van der Waals surface area contributed by atoms with E-state index in [0.717, 1.165) is 0 Å². The van der Waals surface area contributed by atoms with Crippen LogP contribution in [-0.4, -0.2) is 92.6 Å². The number of nitrogens with two attached hydrogens (primary N) is 1. The normalized spacial score (nSPS) is 30.0. The molecule has 2 saturated heterocycles. The molecule has 2 amide bonds. The van der Waals surface area contributed by atoms with Crippen LogP contribution in [0.3, 0.4) is 0 Å². The average Bonchev–Trinajstić information content (AvgIpc) is 2.78. The van der Waals surface area contributed by atoms with Crippen molar-refractivity contribution in [2.24, 2.45) is 11.1 Å². The maximum Gasteiger partial charge on any atom is 0.236 e. The van der Waals surface area contributed by atoms with Crippen molar-refractivity contribution in [2.45, 2.75) is 13.0 Å². The largest absolute Gasteiger partial charge is 0.379 e. The molecule has 2 fully saturated rings. The van der Waals surface area contributed by atoms with E-state index in [4.69, 9.17) is 10.5 Å². The zero-order valence-electron chi connectivity index (χ0n) is 13.2. The van der Waals surface area contributed by atoms with Crippen LogP contribution in [0.1, 0.15) is 6.92 Å². The summed E-state index contributed by atoms with van der Waals surface area (Å²) in [5.41, 5.74) is 5.38. The quantitative estimate of drug-likeness (QED) is 0.692. The molecular weight excluding hydrogens is 272 g/mol. The van der Waals surface area contributed by atoms with Gasteiger partial charge in [-0.2, -0.15) is 0 Å². The van der Waals surface area contributed by atoms with E-state index in [1.165, 1.54) is 0 Å². The van der Waals surface area contributed by atoms with Gasteiger partial charge in [0.15, 0.2) is 0 Å². The van der Waals surface area contributed by atoms with Crippen LogP contribution in [0.25, 0.3) is 0 Å². The van der Waals surface area contributed by atoms with Crippen LogP contribution in [0.4, 0.5) is 0 Å². The van der Waals surface area contributed by atoms with Crippen molar-refractivity contribution in [1.82, 2.24) is 14.7 Å². The molecule has 2 rings (SSSR count). The zero-order valence-corrected chi connectivity index (χ0v) is 13.2. The van der Waals surface area contributed by atoms with Crippen molar-refractivity contribution < 1.29 is 14.3 Å². The number of likely N-dealkylation sites (N-methyl/N-ethyl adjacent to an activating group) is 1. The van der Waals surface area contributed by atoms with Gasteiger partial charge in [-0.05, 0) is 21.0 Å². The first-order valence-electron chi connectivity index (χ1n) is 7.40. The van der Waals surface area contributed by atoms with Gasteiger partial charge in [0, 0.05) is 32.2 Å². The summed E-state index contributed by atoms with van der Waals surface area (Å²) >= 11 is 0. The average molecular weight is 298 g/mol. The number of nitrogens with zero attached hydrogens (tertiary/aromatic N) is 3. The topological polar surface area (TPSA) is 79.1 Å². The van der Waals surface area contributed by atoms with Crippen LogP contribution in [0, 0.1) is 5.41 Å². The Labute approximate surface area is 126 Å². The number of hydrogen-bond acceptors (Lipinski definition) is 5. The van der Waals surface area contributed by atoms with Gasteiger partial charge in [0.1, 0.15) is 0 Å². The summed E-state index contributed by atoms with van der Waals surface area (Å²) in [5, 5.41) is 0. The molecule has 2 aliphatic heterocycles. The summed E-state index contributed by atoms with van der Waals surface area (Å²) in [7, 11) is 3.75. The van der Waals surface area contributed by atoms with E-state index >= 15 is 0 Å². The molecule has 2 unspecified atom stereocenters. The number of carbonyl (C=O) groups is 2. The Balaban J connectivity index is 1.89. The van der Waals surface area contributed by atoms with Gasteiger partial charge in [-0.15, -0.1) is 0 Å². The van der Waals surface area contributed by atoms with Crippen LogP contribution in [0.2, 0.25) is 0 Å². The van der Waals surface area contributed by atoms with Gasteiger partial charge in [-0.3, -0.25) is 9.59 Å². The predicted molar refractivity (Wildman–Crippen MR) is 78.6 cm³/mol. The van der Waals surface area contributed by atoms with Gasteiger partial charge >= 0.3 is 0 Å². The van der Waals surface area contributed by atoms with Crippen molar-refractivity contribution in [1.29, 1.82) is 0 Å². The Morgan fingerprint density at radius 3 is 2.29 bits per heavy atom. The molecule has 0 aromatic rings. The molecule has 21 heavy (non-hydrogen) atoms. The fourth-order valence-corrected chi connectivity index (χ4v) is 2.80. The highest BCUT2D eigenvalue weighted by molar-refractivity contribution is 5.84. The fourth-order valence-electron chi connectivity index (χ4n) is 2.80. The second-order valence-corrected chi connectivity index (χ2v) is 6.45. The van der Waals surface area contributed by atoms with E-state index in [2.05, 4.69) is 0 Å². The van der Waals surface area contributed by atoms with E-state index in [-0.39, 0.29) is 17.9 Å². The molecule has 0 aliphatic carbocycles. The summed E-state index contributed by atoms with van der Waals surface area (Å²) < 4.78 is 5.34. The van der Waals surface area contributed by atoms with E-state index in [1.54, 1.807) is 0 Å². The van der Waals surface area contributed by atoms with Crippen molar-refractivity contribution >= 4 is 11.8 Å². The Morgan fingerprint density at radius 2 is 1.81 bits per heavy atom. The first-order valence-corrected chi connectivity index (χ1v) is 7.40. The third kappa shape index (κ3) is 3.36. The van der Waals surface area contributed by atoms with Crippen LogP contribution in [0.5, 0.6) is 0 Å². The molecule has 0 aromatic carbocycles. The molecule has 2 heterocycles. The van der Waals surface area contributed by atoms with E-state index in [9.17, 15) is 9.59 Å². The van der Waals surface area contributed by atoms with Gasteiger partial charge in [0.2, 0.25) is 11.8 Å². The molecule has 7 heteroatoms. The number of amides is 2. The molecule has 2 aliphatic rings. The van der Waals surface area contributed by atoms with Gasteiger partial charge in [0.05, 0.1) is 25.2 Å². The molecule has 2 N–H and O–H groups in total. The third-order valence-electron chi connectivity index (χ3n) is 4.38. The van der Waals surface area contributed by atoms with E-state index < -0.39 is 5.41 Å². The number of rotatable bonds is 3. The molecule has 0 spiro atoms. The Hall–Kier alpha value is -1.18. The van der Waals surface area contributed by atoms with Gasteiger partial charge < -0.3 is 25.2 Å². The fraction of sp³-hybridized carbons (Fsp3) is 0.857. The Bertz CT molecular complexity index is 407. The summed E-state index contributed by atoms with van der Waals surface area (Å²) in [4.78, 5) is 30.1. The van der Waals surface area contributed by atoms with Gasteiger partial charge in [-0.1, -0.05) is 0 Å². The maximum atomic E-state index is 12.6. The highest BCUT2D eigenvalue weighted by Gasteiger charge is 2.46. The molecule has 0 radical (unpaired) electrons. The Kier molecular flexibility index (Phi) is 4.85. The third-order valence-corrected chi connectivity index (χ3v) is 4.38. The van der Waals surface area contributed by atoms with E-state index in [0.29, 0.717) is 45.9 Å². The van der Waals surface area contributed by atoms with Crippen LogP contribution in [-0.2, 0) is 14.3 Å². The second-order valence-electron chi connectivity index (χ2n) is 6.45. The van der Waals surface area contributed by atoms with Crippen molar-refractivity contribution in [3.05, 3.63) is 0 Å². The van der Waals surface area contributed by atoms with Crippen LogP contribution < -0.4 is 5.73 Å². The van der Waals surface area contributed by atoms with Crippen LogP contribution in [0.15, 0.2) is 0 Å². The van der Waals surface area contributed by atoms with Crippen LogP contribution >= 0.6 is 0 Å². The lowest BCUT2D eigenvalue weighted by Crippen LogP contribution is -2.58. The lowest BCUT2D eigenvalue weighted by Gasteiger charge is -2.39. The molecule has 0 aromatic heterocycles. The Morgan fingerprint density at radius 1 is 1.24 bits per heavy atom. The number of carbonyl (C=O) groups excluding carboxylic acids is 2. The second kappa shape index (κ2) is 6.29. The lowest BCUT2D eigenvalue weighted by molar-refractivity contribution is -0.147. The highest BCUT2D eigenvalue weighted by atomic mass is 16.5. The number of hydrogen-bond donors (Lipinski definition) is 1. The summed E-state index contributed by atoms with van der Waals surface area (Å²) in [5.74, 6) is 0.159. The number of ether oxygens (including phenoxy) is 1. The van der Waals surface area contributed by atoms with E-state index in [1.807, 2.05) is 35.7 Å². The predicted octanol–water partition coefficient (Wildman–Crippen LogP) is -1.42. The summed E-state index contributed by atoms with van der Waals surface area (Å²) in [6.45, 7) is 5.41. The molecule has 0 saturated carbocycles. The highest BCUT2D eigenvalue weighted by Crippen LogP contribution is 2.29. The monoisotopic (exact) mass is 298 g/mol. The summed E-state index contributed by atoms with van der Waals surface area (Å²) in [6, 6.07) is -0.251. The van der Waals surface area contributed by atoms with Gasteiger partial charge in [0.25, 0.3) is 0 Å². The molecule has 120 valence electrons. The first-order chi connectivity index (χ1) is 9.84. The molecular formula is C14H26N4O3. The van der Waals surface area contributed by atoms with Crippen molar-refractivity contribution in [3.8, 4) is 0 Å². The van der Waals surface area contributed by atoms with Crippen molar-refractivity contribution in [2.75, 3.05) is 60.0 Å². The lowest BCUT2D eigenvalue weighted by atomic mass is 9.84. The standard InChI is InChI=1S/C14H26N4O3/c1-14(10-21-9-11(14)15)13(20)18-6-4-17(5-7-18)12(19)8-16(2)3/h11H,4-10,15H2,1-3H3. The molecule has 2 atom stereocenters. The van der Waals surface area contributed by atoms with Crippen molar-refractivity contribution in [3.63, 3.8) is 0 Å². The maximum absolute atomic E-state index is 12.6. The minimum atomic E-state index is -0.629. The van der Waals surface area contributed by atoms with Gasteiger partial charge in [-0.25, -0.2) is 0 Å². The SMILES string of the molecule is CN(C)CC(=O)N1CCN(C(=O)C2(C)COCC2N)CC1. The smallest absolute Gasteiger partial charge is 0.236 e.